The van der Waals surface area contributed by atoms with E-state index < -0.39 is 11.6 Å². The number of amides is 2. The predicted molar refractivity (Wildman–Crippen MR) is 87.0 cm³/mol. The van der Waals surface area contributed by atoms with Crippen molar-refractivity contribution in [1.29, 1.82) is 0 Å². The van der Waals surface area contributed by atoms with Crippen molar-refractivity contribution in [2.45, 2.75) is 31.3 Å². The summed E-state index contributed by atoms with van der Waals surface area (Å²) in [5.41, 5.74) is 1.30. The van der Waals surface area contributed by atoms with Gasteiger partial charge in [0.25, 0.3) is 0 Å². The van der Waals surface area contributed by atoms with Crippen LogP contribution < -0.4 is 16.0 Å². The number of nitrogens with one attached hydrogen (secondary N) is 3. The lowest BCUT2D eigenvalue weighted by Crippen LogP contribution is -2.52. The van der Waals surface area contributed by atoms with Gasteiger partial charge in [-0.15, -0.1) is 0 Å². The summed E-state index contributed by atoms with van der Waals surface area (Å²) in [6.07, 6.45) is 2.16. The van der Waals surface area contributed by atoms with E-state index in [4.69, 9.17) is 4.52 Å². The van der Waals surface area contributed by atoms with Crippen LogP contribution in [0.5, 0.6) is 0 Å². The third kappa shape index (κ3) is 4.14. The molecule has 1 aliphatic rings. The largest absolute Gasteiger partial charge is 0.364 e. The Kier molecular flexibility index (Phi) is 5.28. The Morgan fingerprint density at radius 2 is 2.20 bits per heavy atom. The van der Waals surface area contributed by atoms with Gasteiger partial charge in [0.05, 0.1) is 6.04 Å². The first-order chi connectivity index (χ1) is 12.0. The molecule has 1 aromatic carbocycles. The van der Waals surface area contributed by atoms with Crippen molar-refractivity contribution < 1.29 is 18.1 Å². The Labute approximate surface area is 144 Å². The zero-order valence-electron chi connectivity index (χ0n) is 13.8. The first kappa shape index (κ1) is 17.3. The van der Waals surface area contributed by atoms with E-state index in [2.05, 4.69) is 21.1 Å². The highest BCUT2D eigenvalue weighted by atomic mass is 19.2. The predicted octanol–water partition coefficient (Wildman–Crippen LogP) is 2.46. The summed E-state index contributed by atoms with van der Waals surface area (Å²) >= 11 is 0. The topological polar surface area (TPSA) is 79.2 Å². The van der Waals surface area contributed by atoms with Gasteiger partial charge < -0.3 is 20.5 Å². The maximum absolute atomic E-state index is 13.5. The zero-order chi connectivity index (χ0) is 17.8. The Hall–Kier alpha value is -2.48. The van der Waals surface area contributed by atoms with Gasteiger partial charge in [0, 0.05) is 24.6 Å². The Morgan fingerprint density at radius 3 is 2.92 bits per heavy atom. The molecule has 3 N–H and O–H groups in total. The molecule has 0 bridgehead atoms. The second-order valence-corrected chi connectivity index (χ2v) is 6.14. The van der Waals surface area contributed by atoms with Gasteiger partial charge in [0.15, 0.2) is 11.6 Å². The molecule has 8 heteroatoms. The van der Waals surface area contributed by atoms with Gasteiger partial charge in [-0.3, -0.25) is 0 Å². The van der Waals surface area contributed by atoms with Crippen LogP contribution in [-0.2, 0) is 0 Å². The van der Waals surface area contributed by atoms with Crippen molar-refractivity contribution in [2.24, 2.45) is 0 Å². The Bertz CT molecular complexity index is 723. The minimum Gasteiger partial charge on any atom is -0.364 e. The van der Waals surface area contributed by atoms with E-state index in [1.165, 1.54) is 12.3 Å². The number of halogens is 2. The average Bonchev–Trinajstić information content (AvgIpc) is 3.12. The molecule has 3 unspecified atom stereocenters. The number of carbonyl (C=O) groups excluding carboxylic acids is 1. The van der Waals surface area contributed by atoms with Gasteiger partial charge in [-0.05, 0) is 37.6 Å². The second-order valence-electron chi connectivity index (χ2n) is 6.14. The summed E-state index contributed by atoms with van der Waals surface area (Å²) in [6.45, 7) is 3.09. The molecule has 2 amide bonds. The SMILES string of the molecule is CC(NC(=O)NC1CNCCC1c1ccc(F)c(F)c1)c1ccon1. The number of aromatic nitrogens is 1. The van der Waals surface area contributed by atoms with Crippen molar-refractivity contribution in [3.05, 3.63) is 53.4 Å². The molecule has 0 aliphatic carbocycles. The van der Waals surface area contributed by atoms with Crippen LogP contribution in [0.15, 0.2) is 35.1 Å². The molecule has 0 saturated carbocycles. The lowest BCUT2D eigenvalue weighted by atomic mass is 9.86. The molecule has 1 aromatic heterocycles. The van der Waals surface area contributed by atoms with Crippen molar-refractivity contribution in [1.82, 2.24) is 21.1 Å². The third-order valence-corrected chi connectivity index (χ3v) is 4.42. The highest BCUT2D eigenvalue weighted by Crippen LogP contribution is 2.27. The van der Waals surface area contributed by atoms with Crippen LogP contribution >= 0.6 is 0 Å². The fourth-order valence-electron chi connectivity index (χ4n) is 3.08. The van der Waals surface area contributed by atoms with Crippen LogP contribution in [0.1, 0.15) is 36.6 Å². The summed E-state index contributed by atoms with van der Waals surface area (Å²) in [4.78, 5) is 12.3. The van der Waals surface area contributed by atoms with Crippen molar-refractivity contribution in [2.75, 3.05) is 13.1 Å². The van der Waals surface area contributed by atoms with E-state index in [0.29, 0.717) is 17.8 Å². The molecule has 2 heterocycles. The molecule has 1 aliphatic heterocycles. The molecule has 25 heavy (non-hydrogen) atoms. The van der Waals surface area contributed by atoms with Gasteiger partial charge in [0.2, 0.25) is 0 Å². The number of benzene rings is 1. The molecule has 6 nitrogen and oxygen atoms in total. The van der Waals surface area contributed by atoms with Crippen LogP contribution in [0, 0.1) is 11.6 Å². The smallest absolute Gasteiger partial charge is 0.315 e. The van der Waals surface area contributed by atoms with Crippen LogP contribution in [0.2, 0.25) is 0 Å². The summed E-state index contributed by atoms with van der Waals surface area (Å²) in [5, 5.41) is 12.7. The normalized spacial score (nSPS) is 21.6. The molecule has 3 rings (SSSR count). The standard InChI is InChI=1S/C17H20F2N4O2/c1-10(15-5-7-25-23-15)21-17(24)22-16-9-20-6-4-12(16)11-2-3-13(18)14(19)8-11/h2-3,5,7-8,10,12,16,20H,4,6,9H2,1H3,(H2,21,22,24). The summed E-state index contributed by atoms with van der Waals surface area (Å²) in [6, 6.07) is 4.68. The zero-order valence-corrected chi connectivity index (χ0v) is 13.8. The number of hydrogen-bond acceptors (Lipinski definition) is 4. The lowest BCUT2D eigenvalue weighted by molar-refractivity contribution is 0.227. The average molecular weight is 350 g/mol. The maximum atomic E-state index is 13.5. The van der Waals surface area contributed by atoms with Gasteiger partial charge in [0.1, 0.15) is 12.0 Å². The van der Waals surface area contributed by atoms with Gasteiger partial charge in [-0.1, -0.05) is 11.2 Å². The number of rotatable bonds is 4. The molecule has 134 valence electrons. The van der Waals surface area contributed by atoms with E-state index in [9.17, 15) is 13.6 Å². The number of hydrogen-bond donors (Lipinski definition) is 3. The molecular weight excluding hydrogens is 330 g/mol. The van der Waals surface area contributed by atoms with Crippen molar-refractivity contribution >= 4 is 6.03 Å². The minimum atomic E-state index is -0.876. The highest BCUT2D eigenvalue weighted by Gasteiger charge is 2.28. The molecule has 0 spiro atoms. The van der Waals surface area contributed by atoms with Crippen LogP contribution in [0.3, 0.4) is 0 Å². The van der Waals surface area contributed by atoms with E-state index in [-0.39, 0.29) is 24.0 Å². The number of carbonyl (C=O) groups is 1. The van der Waals surface area contributed by atoms with Crippen LogP contribution in [0.25, 0.3) is 0 Å². The van der Waals surface area contributed by atoms with Gasteiger partial charge in [-0.25, -0.2) is 13.6 Å². The van der Waals surface area contributed by atoms with Crippen molar-refractivity contribution in [3.8, 4) is 0 Å². The minimum absolute atomic E-state index is 0.0931. The molecule has 1 fully saturated rings. The monoisotopic (exact) mass is 350 g/mol. The molecular formula is C17H20F2N4O2. The number of urea groups is 1. The Morgan fingerprint density at radius 1 is 1.36 bits per heavy atom. The van der Waals surface area contributed by atoms with Crippen molar-refractivity contribution in [3.63, 3.8) is 0 Å². The fourth-order valence-corrected chi connectivity index (χ4v) is 3.08. The number of nitrogens with zero attached hydrogens (tertiary/aromatic N) is 1. The first-order valence-corrected chi connectivity index (χ1v) is 8.17. The van der Waals surface area contributed by atoms with E-state index >= 15 is 0 Å². The number of piperidine rings is 1. The second kappa shape index (κ2) is 7.60. The summed E-state index contributed by atoms with van der Waals surface area (Å²) in [7, 11) is 0. The van der Waals surface area contributed by atoms with E-state index in [1.807, 2.05) is 0 Å². The van der Waals surface area contributed by atoms with E-state index in [0.717, 1.165) is 19.0 Å². The summed E-state index contributed by atoms with van der Waals surface area (Å²) < 4.78 is 31.5. The summed E-state index contributed by atoms with van der Waals surface area (Å²) in [5.74, 6) is -1.84. The van der Waals surface area contributed by atoms with Crippen LogP contribution in [-0.4, -0.2) is 30.3 Å². The third-order valence-electron chi connectivity index (χ3n) is 4.42. The molecule has 2 aromatic rings. The Balaban J connectivity index is 1.66. The quantitative estimate of drug-likeness (QED) is 0.791. The first-order valence-electron chi connectivity index (χ1n) is 8.17. The van der Waals surface area contributed by atoms with Crippen LogP contribution in [0.4, 0.5) is 13.6 Å². The van der Waals surface area contributed by atoms with Gasteiger partial charge in [-0.2, -0.15) is 0 Å². The fraction of sp³-hybridized carbons (Fsp3) is 0.412. The van der Waals surface area contributed by atoms with Gasteiger partial charge >= 0.3 is 6.03 Å². The van der Waals surface area contributed by atoms with E-state index in [1.54, 1.807) is 19.1 Å². The molecule has 1 saturated heterocycles. The highest BCUT2D eigenvalue weighted by molar-refractivity contribution is 5.74. The lowest BCUT2D eigenvalue weighted by Gasteiger charge is -2.33. The molecule has 0 radical (unpaired) electrons. The molecule has 3 atom stereocenters. The maximum Gasteiger partial charge on any atom is 0.315 e.